The number of hydrogen-bond donors (Lipinski definition) is 1. The smallest absolute Gasteiger partial charge is 0.306 e. The van der Waals surface area contributed by atoms with Crippen molar-refractivity contribution in [2.24, 2.45) is 11.8 Å². The van der Waals surface area contributed by atoms with E-state index in [1.807, 2.05) is 0 Å². The first-order valence-electron chi connectivity index (χ1n) is 4.71. The Balaban J connectivity index is 2.39. The molecule has 1 nitrogen and oxygen atoms in total. The number of alkyl halides is 3. The summed E-state index contributed by atoms with van der Waals surface area (Å²) in [6.45, 7) is 4.61. The lowest BCUT2D eigenvalue weighted by atomic mass is 9.86. The van der Waals surface area contributed by atoms with E-state index in [0.717, 1.165) is 0 Å². The lowest BCUT2D eigenvalue weighted by Crippen LogP contribution is -2.48. The average molecular weight is 195 g/mol. The molecule has 1 fully saturated rings. The summed E-state index contributed by atoms with van der Waals surface area (Å²) in [5, 5.41) is 2.57. The molecule has 0 saturated carbocycles. The summed E-state index contributed by atoms with van der Waals surface area (Å²) in [6.07, 6.45) is -3.15. The van der Waals surface area contributed by atoms with Crippen molar-refractivity contribution in [1.29, 1.82) is 0 Å². The Labute approximate surface area is 76.7 Å². The Hall–Kier alpha value is -0.250. The zero-order valence-electron chi connectivity index (χ0n) is 7.99. The molecule has 0 amide bonds. The van der Waals surface area contributed by atoms with Crippen LogP contribution in [0.3, 0.4) is 0 Å². The molecule has 13 heavy (non-hydrogen) atoms. The van der Waals surface area contributed by atoms with Crippen LogP contribution < -0.4 is 5.32 Å². The van der Waals surface area contributed by atoms with Crippen LogP contribution in [0, 0.1) is 11.8 Å². The molecule has 4 heteroatoms. The van der Waals surface area contributed by atoms with Crippen molar-refractivity contribution >= 4 is 0 Å². The molecule has 1 saturated heterocycles. The van der Waals surface area contributed by atoms with Gasteiger partial charge in [-0.15, -0.1) is 0 Å². The quantitative estimate of drug-likeness (QED) is 0.678. The van der Waals surface area contributed by atoms with Gasteiger partial charge in [0.15, 0.2) is 0 Å². The van der Waals surface area contributed by atoms with E-state index < -0.39 is 12.2 Å². The number of nitrogens with one attached hydrogen (secondary N) is 1. The molecule has 1 aliphatic rings. The van der Waals surface area contributed by atoms with Gasteiger partial charge < -0.3 is 5.32 Å². The summed E-state index contributed by atoms with van der Waals surface area (Å²) >= 11 is 0. The first-order chi connectivity index (χ1) is 5.91. The first kappa shape index (κ1) is 10.8. The van der Waals surface area contributed by atoms with Crippen molar-refractivity contribution in [2.75, 3.05) is 6.54 Å². The third kappa shape index (κ3) is 2.86. The van der Waals surface area contributed by atoms with Crippen LogP contribution >= 0.6 is 0 Å². The Morgan fingerprint density at radius 2 is 1.85 bits per heavy atom. The molecule has 0 bridgehead atoms. The lowest BCUT2D eigenvalue weighted by molar-refractivity contribution is -0.162. The predicted molar refractivity (Wildman–Crippen MR) is 45.4 cm³/mol. The molecule has 0 aromatic heterocycles. The summed E-state index contributed by atoms with van der Waals surface area (Å²) in [5.41, 5.74) is 0. The number of piperidine rings is 1. The Bertz CT molecular complexity index is 157. The van der Waals surface area contributed by atoms with E-state index in [1.165, 1.54) is 0 Å². The summed E-state index contributed by atoms with van der Waals surface area (Å²) < 4.78 is 36.6. The van der Waals surface area contributed by atoms with E-state index in [4.69, 9.17) is 0 Å². The highest BCUT2D eigenvalue weighted by Gasteiger charge is 2.41. The summed E-state index contributed by atoms with van der Waals surface area (Å²) in [7, 11) is 0. The van der Waals surface area contributed by atoms with Crippen molar-refractivity contribution in [1.82, 2.24) is 5.32 Å². The minimum absolute atomic E-state index is 0.229. The van der Waals surface area contributed by atoms with Crippen LogP contribution in [0.25, 0.3) is 0 Å². The normalized spacial score (nSPS) is 30.9. The number of rotatable bonds is 1. The van der Waals surface area contributed by atoms with Crippen molar-refractivity contribution in [3.8, 4) is 0 Å². The fourth-order valence-electron chi connectivity index (χ4n) is 1.73. The second-order valence-electron chi connectivity index (χ2n) is 4.08. The molecule has 1 rings (SSSR count). The van der Waals surface area contributed by atoms with Gasteiger partial charge in [0.05, 0.1) is 0 Å². The predicted octanol–water partition coefficient (Wildman–Crippen LogP) is 2.57. The lowest BCUT2D eigenvalue weighted by Gasteiger charge is -2.32. The van der Waals surface area contributed by atoms with Gasteiger partial charge in [-0.25, -0.2) is 0 Å². The van der Waals surface area contributed by atoms with E-state index >= 15 is 0 Å². The van der Waals surface area contributed by atoms with Crippen LogP contribution in [0.15, 0.2) is 0 Å². The molecule has 2 atom stereocenters. The van der Waals surface area contributed by atoms with Crippen LogP contribution in [0.4, 0.5) is 13.2 Å². The topological polar surface area (TPSA) is 12.0 Å². The highest BCUT2D eigenvalue weighted by molar-refractivity contribution is 4.83. The molecule has 0 aromatic carbocycles. The highest BCUT2D eigenvalue weighted by Crippen LogP contribution is 2.30. The molecule has 2 unspecified atom stereocenters. The van der Waals surface area contributed by atoms with Crippen LogP contribution in [-0.2, 0) is 0 Å². The van der Waals surface area contributed by atoms with Gasteiger partial charge >= 0.3 is 6.18 Å². The van der Waals surface area contributed by atoms with Crippen molar-refractivity contribution < 1.29 is 13.2 Å². The molecule has 0 aliphatic carbocycles. The summed E-state index contributed by atoms with van der Waals surface area (Å²) in [4.78, 5) is 0. The monoisotopic (exact) mass is 195 g/mol. The molecule has 1 aliphatic heterocycles. The number of hydrogen-bond acceptors (Lipinski definition) is 1. The van der Waals surface area contributed by atoms with Crippen molar-refractivity contribution in [3.63, 3.8) is 0 Å². The molecule has 78 valence electrons. The molecule has 1 heterocycles. The standard InChI is InChI=1S/C9H16F3N/c1-6(2)7-3-4-8(13-5-7)9(10,11)12/h6-8,13H,3-5H2,1-2H3. The van der Waals surface area contributed by atoms with Gasteiger partial charge in [0.2, 0.25) is 0 Å². The van der Waals surface area contributed by atoms with Gasteiger partial charge in [-0.05, 0) is 31.2 Å². The van der Waals surface area contributed by atoms with E-state index in [1.54, 1.807) is 0 Å². The van der Waals surface area contributed by atoms with Crippen LogP contribution in [0.1, 0.15) is 26.7 Å². The Kier molecular flexibility index (Phi) is 3.22. The van der Waals surface area contributed by atoms with Crippen LogP contribution in [-0.4, -0.2) is 18.8 Å². The fraction of sp³-hybridized carbons (Fsp3) is 1.00. The maximum Gasteiger partial charge on any atom is 0.403 e. The number of halogens is 3. The third-order valence-corrected chi connectivity index (χ3v) is 2.79. The maximum absolute atomic E-state index is 12.2. The van der Waals surface area contributed by atoms with Crippen molar-refractivity contribution in [3.05, 3.63) is 0 Å². The molecule has 1 N–H and O–H groups in total. The van der Waals surface area contributed by atoms with E-state index in [2.05, 4.69) is 19.2 Å². The zero-order chi connectivity index (χ0) is 10.1. The third-order valence-electron chi connectivity index (χ3n) is 2.79. The van der Waals surface area contributed by atoms with E-state index in [0.29, 0.717) is 24.8 Å². The molecular weight excluding hydrogens is 179 g/mol. The van der Waals surface area contributed by atoms with Gasteiger partial charge in [0, 0.05) is 0 Å². The first-order valence-corrected chi connectivity index (χ1v) is 4.71. The van der Waals surface area contributed by atoms with Crippen LogP contribution in [0.2, 0.25) is 0 Å². The maximum atomic E-state index is 12.2. The van der Waals surface area contributed by atoms with Gasteiger partial charge in [-0.1, -0.05) is 13.8 Å². The average Bonchev–Trinajstić information content (AvgIpc) is 2.03. The van der Waals surface area contributed by atoms with Crippen molar-refractivity contribution in [2.45, 2.75) is 38.9 Å². The van der Waals surface area contributed by atoms with Gasteiger partial charge in [0.1, 0.15) is 6.04 Å². The highest BCUT2D eigenvalue weighted by atomic mass is 19.4. The molecule has 0 aromatic rings. The second kappa shape index (κ2) is 3.86. The minimum atomic E-state index is -4.07. The fourth-order valence-corrected chi connectivity index (χ4v) is 1.73. The summed E-state index contributed by atoms with van der Waals surface area (Å²) in [5.74, 6) is 0.875. The van der Waals surface area contributed by atoms with Crippen LogP contribution in [0.5, 0.6) is 0 Å². The summed E-state index contributed by atoms with van der Waals surface area (Å²) in [6, 6.07) is -1.28. The van der Waals surface area contributed by atoms with Gasteiger partial charge in [0.25, 0.3) is 0 Å². The minimum Gasteiger partial charge on any atom is -0.306 e. The Morgan fingerprint density at radius 1 is 1.23 bits per heavy atom. The molecule has 0 spiro atoms. The molecule has 0 radical (unpaired) electrons. The Morgan fingerprint density at radius 3 is 2.15 bits per heavy atom. The zero-order valence-corrected chi connectivity index (χ0v) is 7.99. The molecular formula is C9H16F3N. The second-order valence-corrected chi connectivity index (χ2v) is 4.08. The van der Waals surface area contributed by atoms with Gasteiger partial charge in [-0.2, -0.15) is 13.2 Å². The largest absolute Gasteiger partial charge is 0.403 e. The van der Waals surface area contributed by atoms with E-state index in [-0.39, 0.29) is 6.42 Å². The van der Waals surface area contributed by atoms with E-state index in [9.17, 15) is 13.2 Å². The van der Waals surface area contributed by atoms with Gasteiger partial charge in [-0.3, -0.25) is 0 Å². The SMILES string of the molecule is CC(C)C1CCC(C(F)(F)F)NC1.